The van der Waals surface area contributed by atoms with E-state index in [2.05, 4.69) is 10.3 Å². The van der Waals surface area contributed by atoms with Crippen LogP contribution in [-0.2, 0) is 32.0 Å². The van der Waals surface area contributed by atoms with Crippen LogP contribution in [-0.4, -0.2) is 70.0 Å². The average Bonchev–Trinajstić information content (AvgIpc) is 2.94. The van der Waals surface area contributed by atoms with E-state index in [1.807, 2.05) is 30.3 Å². The van der Waals surface area contributed by atoms with Crippen molar-refractivity contribution in [3.05, 3.63) is 65.7 Å². The van der Waals surface area contributed by atoms with Crippen LogP contribution in [0.25, 0.3) is 0 Å². The van der Waals surface area contributed by atoms with Gasteiger partial charge < -0.3 is 37.8 Å². The summed E-state index contributed by atoms with van der Waals surface area (Å²) in [5.74, 6) is -5.21. The predicted octanol–water partition coefficient (Wildman–Crippen LogP) is 0.271. The molecule has 0 heterocycles. The minimum Gasteiger partial charge on any atom is -0.508 e. The van der Waals surface area contributed by atoms with Gasteiger partial charge in [0, 0.05) is 19.4 Å². The predicted molar refractivity (Wildman–Crippen MR) is 153 cm³/mol. The van der Waals surface area contributed by atoms with E-state index >= 15 is 0 Å². The molecule has 0 aliphatic rings. The highest BCUT2D eigenvalue weighted by Gasteiger charge is 2.31. The third-order valence-corrected chi connectivity index (χ3v) is 6.62. The third-order valence-electron chi connectivity index (χ3n) is 6.62. The first-order valence-electron chi connectivity index (χ1n) is 13.3. The maximum absolute atomic E-state index is 13.3. The summed E-state index contributed by atoms with van der Waals surface area (Å²) in [6.07, 6.45) is -0.00844. The van der Waals surface area contributed by atoms with Crippen molar-refractivity contribution in [3.8, 4) is 5.75 Å². The second kappa shape index (κ2) is 16.7. The first-order valence-corrected chi connectivity index (χ1v) is 13.3. The van der Waals surface area contributed by atoms with Gasteiger partial charge in [-0.2, -0.15) is 0 Å². The van der Waals surface area contributed by atoms with E-state index in [0.717, 1.165) is 5.56 Å². The third kappa shape index (κ3) is 11.8. The van der Waals surface area contributed by atoms with E-state index in [0.29, 0.717) is 12.0 Å². The molecule has 2 aromatic carbocycles. The van der Waals surface area contributed by atoms with Crippen LogP contribution in [0.2, 0.25) is 0 Å². The molecule has 4 atom stereocenters. The first kappa shape index (κ1) is 32.9. The van der Waals surface area contributed by atoms with Gasteiger partial charge in [0.1, 0.15) is 5.75 Å². The van der Waals surface area contributed by atoms with Crippen LogP contribution in [0, 0.1) is 11.8 Å². The summed E-state index contributed by atoms with van der Waals surface area (Å²) in [6, 6.07) is 13.1. The number of benzene rings is 2. The summed E-state index contributed by atoms with van der Waals surface area (Å²) in [5, 5.41) is 31.7. The number of aliphatic carboxylic acids is 1. The summed E-state index contributed by atoms with van der Waals surface area (Å²) < 4.78 is 0. The Morgan fingerprint density at radius 2 is 1.46 bits per heavy atom. The van der Waals surface area contributed by atoms with E-state index in [-0.39, 0.29) is 50.4 Å². The zero-order chi connectivity index (χ0) is 30.4. The normalized spacial score (nSPS) is 13.8. The molecule has 2 aromatic rings. The Morgan fingerprint density at radius 1 is 0.854 bits per heavy atom. The molecule has 0 saturated heterocycles. The minimum absolute atomic E-state index is 0.0261. The number of carboxylic acids is 1. The second-order valence-electron chi connectivity index (χ2n) is 9.93. The number of Topliss-reactive ketones (excluding diaryl/α,β-unsaturated/α-hetero) is 2. The number of phenols is 1. The number of aliphatic hydroxyl groups excluding tert-OH is 1. The lowest BCUT2D eigenvalue weighted by atomic mass is 9.90. The fourth-order valence-corrected chi connectivity index (χ4v) is 4.27. The molecule has 0 aliphatic heterocycles. The highest BCUT2D eigenvalue weighted by molar-refractivity contribution is 5.94. The lowest BCUT2D eigenvalue weighted by molar-refractivity contribution is -0.144. The number of nitrogens with one attached hydrogen (secondary N) is 1. The maximum atomic E-state index is 13.3. The van der Waals surface area contributed by atoms with Gasteiger partial charge in [-0.05, 0) is 48.9 Å². The first-order chi connectivity index (χ1) is 19.5. The molecule has 0 saturated carbocycles. The van der Waals surface area contributed by atoms with Gasteiger partial charge in [0.2, 0.25) is 5.91 Å². The number of hydrogen-bond acceptors (Lipinski definition) is 8. The highest BCUT2D eigenvalue weighted by Crippen LogP contribution is 2.19. The summed E-state index contributed by atoms with van der Waals surface area (Å²) in [5.41, 5.74) is 18.2. The Bertz CT molecular complexity index is 1180. The van der Waals surface area contributed by atoms with E-state index in [4.69, 9.17) is 17.2 Å². The van der Waals surface area contributed by atoms with Crippen LogP contribution in [0.5, 0.6) is 5.75 Å². The SMILES string of the molecule is NC(N)=NCCC[C@H](NC(=O)[C@H](CO)CC(=O)[C@@H](N)Cc1ccccc1)C(=O)C[C@@H](Cc1ccc(O)cc1)C(=O)O. The number of rotatable bonds is 18. The van der Waals surface area contributed by atoms with E-state index in [9.17, 15) is 34.5 Å². The van der Waals surface area contributed by atoms with Crippen LogP contribution in [0.3, 0.4) is 0 Å². The number of carboxylic acid groups (broad SMARTS) is 1. The molecule has 10 N–H and O–H groups in total. The number of aliphatic imine (C=N–C) groups is 1. The quantitative estimate of drug-likeness (QED) is 0.0735. The molecule has 0 unspecified atom stereocenters. The molecule has 0 fully saturated rings. The lowest BCUT2D eigenvalue weighted by Gasteiger charge is -2.23. The molecule has 222 valence electrons. The Labute approximate surface area is 238 Å². The molecule has 41 heavy (non-hydrogen) atoms. The molecular weight excluding hydrogens is 530 g/mol. The smallest absolute Gasteiger partial charge is 0.307 e. The number of ketones is 2. The van der Waals surface area contributed by atoms with Crippen molar-refractivity contribution in [2.75, 3.05) is 13.2 Å². The maximum Gasteiger partial charge on any atom is 0.307 e. The Morgan fingerprint density at radius 3 is 2.05 bits per heavy atom. The van der Waals surface area contributed by atoms with Crippen molar-refractivity contribution in [3.63, 3.8) is 0 Å². The number of guanidine groups is 1. The molecule has 12 nitrogen and oxygen atoms in total. The number of aliphatic hydroxyl groups is 1. The molecule has 1 amide bonds. The molecule has 0 aliphatic carbocycles. The van der Waals surface area contributed by atoms with E-state index < -0.39 is 54.0 Å². The number of carbonyl (C=O) groups excluding carboxylic acids is 3. The number of nitrogens with two attached hydrogens (primary N) is 3. The molecule has 12 heteroatoms. The van der Waals surface area contributed by atoms with E-state index in [1.165, 1.54) is 12.1 Å². The average molecular weight is 570 g/mol. The summed E-state index contributed by atoms with van der Waals surface area (Å²) in [6.45, 7) is -0.475. The van der Waals surface area contributed by atoms with Crippen LogP contribution in [0.4, 0.5) is 0 Å². The number of amides is 1. The monoisotopic (exact) mass is 569 g/mol. The van der Waals surface area contributed by atoms with Gasteiger partial charge in [-0.25, -0.2) is 0 Å². The minimum atomic E-state index is -1.19. The summed E-state index contributed by atoms with van der Waals surface area (Å²) in [7, 11) is 0. The molecule has 0 spiro atoms. The van der Waals surface area contributed by atoms with Gasteiger partial charge in [0.05, 0.1) is 30.5 Å². The fraction of sp³-hybridized carbons (Fsp3) is 0.414. The Hall–Kier alpha value is -4.29. The fourth-order valence-electron chi connectivity index (χ4n) is 4.27. The van der Waals surface area contributed by atoms with Crippen molar-refractivity contribution >= 4 is 29.4 Å². The second-order valence-corrected chi connectivity index (χ2v) is 9.93. The molecule has 0 aromatic heterocycles. The van der Waals surface area contributed by atoms with Crippen LogP contribution in [0.1, 0.15) is 36.8 Å². The highest BCUT2D eigenvalue weighted by atomic mass is 16.4. The van der Waals surface area contributed by atoms with Crippen molar-refractivity contribution in [1.29, 1.82) is 0 Å². The summed E-state index contributed by atoms with van der Waals surface area (Å²) >= 11 is 0. The Balaban J connectivity index is 2.10. The van der Waals surface area contributed by atoms with Gasteiger partial charge in [0.25, 0.3) is 0 Å². The number of aromatic hydroxyl groups is 1. The molecule has 0 radical (unpaired) electrons. The zero-order valence-electron chi connectivity index (χ0n) is 22.8. The Kier molecular flexibility index (Phi) is 13.4. The van der Waals surface area contributed by atoms with Gasteiger partial charge in [-0.3, -0.25) is 24.2 Å². The van der Waals surface area contributed by atoms with E-state index in [1.54, 1.807) is 12.1 Å². The van der Waals surface area contributed by atoms with Crippen molar-refractivity contribution in [2.24, 2.45) is 34.0 Å². The largest absolute Gasteiger partial charge is 0.508 e. The van der Waals surface area contributed by atoms with Gasteiger partial charge in [-0.15, -0.1) is 0 Å². The number of nitrogens with zero attached hydrogens (tertiary/aromatic N) is 1. The van der Waals surface area contributed by atoms with Gasteiger partial charge >= 0.3 is 5.97 Å². The van der Waals surface area contributed by atoms with Crippen LogP contribution in [0.15, 0.2) is 59.6 Å². The van der Waals surface area contributed by atoms with Gasteiger partial charge in [0.15, 0.2) is 17.5 Å². The molecular formula is C29H39N5O7. The lowest BCUT2D eigenvalue weighted by Crippen LogP contribution is -2.46. The molecule has 2 rings (SSSR count). The number of carbonyl (C=O) groups is 4. The number of hydrogen-bond donors (Lipinski definition) is 7. The standard InChI is InChI=1S/C29H39N5O7/c30-23(14-18-5-2-1-3-6-18)25(37)16-21(17-35)27(39)34-24(7-4-12-33-29(31)32)26(38)15-20(28(40)41)13-19-8-10-22(36)11-9-19/h1-3,5-6,8-11,20-21,23-24,35-36H,4,7,12-17,30H2,(H,34,39)(H,40,41)(H4,31,32,33)/t20-,21+,23+,24+/m1/s1. The number of phenolic OH excluding ortho intramolecular Hbond substituents is 1. The van der Waals surface area contributed by atoms with Crippen molar-refractivity contribution in [2.45, 2.75) is 50.6 Å². The zero-order valence-corrected chi connectivity index (χ0v) is 22.8. The summed E-state index contributed by atoms with van der Waals surface area (Å²) in [4.78, 5) is 54.9. The van der Waals surface area contributed by atoms with Crippen molar-refractivity contribution < 1.29 is 34.5 Å². The molecule has 0 bridgehead atoms. The van der Waals surface area contributed by atoms with Gasteiger partial charge in [-0.1, -0.05) is 42.5 Å². The van der Waals surface area contributed by atoms with Crippen LogP contribution >= 0.6 is 0 Å². The van der Waals surface area contributed by atoms with Crippen molar-refractivity contribution in [1.82, 2.24) is 5.32 Å². The van der Waals surface area contributed by atoms with Crippen LogP contribution < -0.4 is 22.5 Å². The topological polar surface area (TPSA) is 231 Å².